The fraction of sp³-hybridized carbons (Fsp3) is 0.250. The van der Waals surface area contributed by atoms with Gasteiger partial charge < -0.3 is 9.88 Å². The lowest BCUT2D eigenvalue weighted by Gasteiger charge is -2.10. The first-order valence-corrected chi connectivity index (χ1v) is 7.60. The number of anilines is 1. The number of nitrogens with one attached hydrogen (secondary N) is 1. The van der Waals surface area contributed by atoms with Crippen LogP contribution in [0.1, 0.15) is 18.4 Å². The normalized spacial score (nSPS) is 10.9. The summed E-state index contributed by atoms with van der Waals surface area (Å²) < 4.78 is 3.89. The van der Waals surface area contributed by atoms with Crippen LogP contribution in [0.4, 0.5) is 5.69 Å². The first kappa shape index (κ1) is 14.7. The average molecular weight is 316 g/mol. The van der Waals surface area contributed by atoms with Gasteiger partial charge >= 0.3 is 0 Å². The molecule has 0 unspecified atom stereocenters. The van der Waals surface area contributed by atoms with Crippen molar-refractivity contribution in [1.82, 2.24) is 19.3 Å². The Bertz CT molecular complexity index is 774. The van der Waals surface area contributed by atoms with E-state index in [0.717, 1.165) is 29.3 Å². The predicted molar refractivity (Wildman–Crippen MR) is 88.5 cm³/mol. The summed E-state index contributed by atoms with van der Waals surface area (Å²) >= 11 is 6.28. The molecule has 0 aliphatic rings. The summed E-state index contributed by atoms with van der Waals surface area (Å²) in [5.74, 6) is 0.979. The second-order valence-corrected chi connectivity index (χ2v) is 5.44. The summed E-state index contributed by atoms with van der Waals surface area (Å²) in [5, 5.41) is 8.58. The van der Waals surface area contributed by atoms with Gasteiger partial charge in [0.05, 0.1) is 34.8 Å². The third-order valence-electron chi connectivity index (χ3n) is 3.64. The van der Waals surface area contributed by atoms with Gasteiger partial charge in [0.1, 0.15) is 5.82 Å². The number of rotatable bonds is 5. The maximum Gasteiger partial charge on any atom is 0.127 e. The third-order valence-corrected chi connectivity index (χ3v) is 3.96. The highest BCUT2D eigenvalue weighted by atomic mass is 35.5. The largest absolute Gasteiger partial charge is 0.375 e. The lowest BCUT2D eigenvalue weighted by atomic mass is 10.2. The molecule has 0 saturated heterocycles. The van der Waals surface area contributed by atoms with Crippen molar-refractivity contribution in [3.8, 4) is 5.69 Å². The molecule has 3 aromatic rings. The average Bonchev–Trinajstić information content (AvgIpc) is 3.11. The van der Waals surface area contributed by atoms with Crippen molar-refractivity contribution in [1.29, 1.82) is 0 Å². The molecule has 114 valence electrons. The molecule has 1 N–H and O–H groups in total. The van der Waals surface area contributed by atoms with E-state index in [4.69, 9.17) is 11.6 Å². The molecule has 6 heteroatoms. The lowest BCUT2D eigenvalue weighted by Crippen LogP contribution is -2.08. The molecule has 2 aromatic heterocycles. The van der Waals surface area contributed by atoms with E-state index in [2.05, 4.69) is 22.3 Å². The zero-order chi connectivity index (χ0) is 15.5. The van der Waals surface area contributed by atoms with Crippen LogP contribution in [0.5, 0.6) is 0 Å². The number of aryl methyl sites for hydroxylation is 1. The van der Waals surface area contributed by atoms with Gasteiger partial charge in [-0.2, -0.15) is 5.10 Å². The van der Waals surface area contributed by atoms with Crippen molar-refractivity contribution < 1.29 is 0 Å². The monoisotopic (exact) mass is 315 g/mol. The molecule has 5 nitrogen and oxygen atoms in total. The van der Waals surface area contributed by atoms with Crippen molar-refractivity contribution in [3.05, 3.63) is 59.4 Å². The molecule has 0 atom stereocenters. The van der Waals surface area contributed by atoms with Crippen LogP contribution in [0.3, 0.4) is 0 Å². The molecular formula is C16H18ClN5. The van der Waals surface area contributed by atoms with Crippen molar-refractivity contribution in [2.45, 2.75) is 19.9 Å². The van der Waals surface area contributed by atoms with E-state index >= 15 is 0 Å². The first-order chi connectivity index (χ1) is 10.7. The Balaban J connectivity index is 1.88. The van der Waals surface area contributed by atoms with E-state index in [0.29, 0.717) is 11.6 Å². The summed E-state index contributed by atoms with van der Waals surface area (Å²) in [4.78, 5) is 4.32. The van der Waals surface area contributed by atoms with Crippen LogP contribution in [-0.4, -0.2) is 19.3 Å². The Labute approximate surface area is 134 Å². The van der Waals surface area contributed by atoms with Gasteiger partial charge in [-0.25, -0.2) is 9.67 Å². The Kier molecular flexibility index (Phi) is 4.15. The fourth-order valence-corrected chi connectivity index (χ4v) is 2.65. The first-order valence-electron chi connectivity index (χ1n) is 7.22. The Morgan fingerprint density at radius 1 is 1.27 bits per heavy atom. The van der Waals surface area contributed by atoms with Gasteiger partial charge in [0.15, 0.2) is 0 Å². The van der Waals surface area contributed by atoms with Crippen LogP contribution < -0.4 is 5.32 Å². The highest BCUT2D eigenvalue weighted by molar-refractivity contribution is 6.32. The lowest BCUT2D eigenvalue weighted by molar-refractivity contribution is 0.804. The maximum atomic E-state index is 6.28. The molecule has 0 fully saturated rings. The Hall–Kier alpha value is -2.27. The van der Waals surface area contributed by atoms with Crippen molar-refractivity contribution in [2.24, 2.45) is 7.05 Å². The summed E-state index contributed by atoms with van der Waals surface area (Å²) in [6.07, 6.45) is 6.43. The van der Waals surface area contributed by atoms with Crippen LogP contribution in [0.15, 0.2) is 42.9 Å². The highest BCUT2D eigenvalue weighted by Crippen LogP contribution is 2.25. The van der Waals surface area contributed by atoms with Crippen LogP contribution in [-0.2, 0) is 20.0 Å². The van der Waals surface area contributed by atoms with E-state index < -0.39 is 0 Å². The quantitative estimate of drug-likeness (QED) is 0.784. The number of benzene rings is 1. The number of nitrogens with zero attached hydrogens (tertiary/aromatic N) is 4. The van der Waals surface area contributed by atoms with Gasteiger partial charge in [-0.05, 0) is 18.6 Å². The molecule has 22 heavy (non-hydrogen) atoms. The molecule has 0 bridgehead atoms. The van der Waals surface area contributed by atoms with E-state index in [1.165, 1.54) is 0 Å². The second-order valence-electron chi connectivity index (χ2n) is 5.03. The van der Waals surface area contributed by atoms with Crippen molar-refractivity contribution in [2.75, 3.05) is 5.32 Å². The van der Waals surface area contributed by atoms with E-state index in [1.807, 2.05) is 53.0 Å². The Morgan fingerprint density at radius 2 is 2.09 bits per heavy atom. The predicted octanol–water partition coefficient (Wildman–Crippen LogP) is 3.43. The molecule has 0 aliphatic heterocycles. The summed E-state index contributed by atoms with van der Waals surface area (Å²) in [5.41, 5.74) is 3.00. The minimum Gasteiger partial charge on any atom is -0.375 e. The van der Waals surface area contributed by atoms with E-state index in [-0.39, 0.29) is 0 Å². The zero-order valence-electron chi connectivity index (χ0n) is 12.6. The number of halogens is 1. The maximum absolute atomic E-state index is 6.28. The topological polar surface area (TPSA) is 47.7 Å². The zero-order valence-corrected chi connectivity index (χ0v) is 13.4. The molecule has 1 aromatic carbocycles. The van der Waals surface area contributed by atoms with Gasteiger partial charge in [-0.3, -0.25) is 0 Å². The summed E-state index contributed by atoms with van der Waals surface area (Å²) in [6, 6.07) is 7.72. The number of aromatic nitrogens is 4. The van der Waals surface area contributed by atoms with Gasteiger partial charge in [0.25, 0.3) is 0 Å². The fourth-order valence-electron chi connectivity index (χ4n) is 2.43. The van der Waals surface area contributed by atoms with Gasteiger partial charge in [0, 0.05) is 19.4 Å². The molecule has 0 aliphatic carbocycles. The van der Waals surface area contributed by atoms with Crippen LogP contribution >= 0.6 is 11.6 Å². The molecule has 0 spiro atoms. The van der Waals surface area contributed by atoms with E-state index in [9.17, 15) is 0 Å². The third kappa shape index (κ3) is 2.72. The minimum atomic E-state index is 0.657. The number of hydrogen-bond donors (Lipinski definition) is 1. The minimum absolute atomic E-state index is 0.657. The van der Waals surface area contributed by atoms with Gasteiger partial charge in [-0.1, -0.05) is 30.7 Å². The van der Waals surface area contributed by atoms with Crippen LogP contribution in [0.2, 0.25) is 5.02 Å². The van der Waals surface area contributed by atoms with Gasteiger partial charge in [-0.15, -0.1) is 0 Å². The molecule has 0 amide bonds. The summed E-state index contributed by atoms with van der Waals surface area (Å²) in [6.45, 7) is 2.76. The van der Waals surface area contributed by atoms with Crippen molar-refractivity contribution in [3.63, 3.8) is 0 Å². The van der Waals surface area contributed by atoms with Crippen LogP contribution in [0, 0.1) is 0 Å². The van der Waals surface area contributed by atoms with Gasteiger partial charge in [0.2, 0.25) is 0 Å². The van der Waals surface area contributed by atoms with E-state index in [1.54, 1.807) is 6.20 Å². The smallest absolute Gasteiger partial charge is 0.127 e. The summed E-state index contributed by atoms with van der Waals surface area (Å²) in [7, 11) is 1.98. The second kappa shape index (κ2) is 6.23. The highest BCUT2D eigenvalue weighted by Gasteiger charge is 2.13. The molecular weight excluding hydrogens is 298 g/mol. The SMILES string of the molecule is CCc1c(NCc2nccn2C)cnn1-c1ccccc1Cl. The number of para-hydroxylation sites is 1. The molecule has 3 rings (SSSR count). The Morgan fingerprint density at radius 3 is 2.77 bits per heavy atom. The number of imidazole rings is 1. The molecule has 0 radical (unpaired) electrons. The standard InChI is InChI=1S/C16H18ClN5/c1-3-14-13(19-11-16-18-8-9-21(16)2)10-20-22(14)15-7-5-4-6-12(15)17/h4-10,19H,3,11H2,1-2H3. The van der Waals surface area contributed by atoms with Crippen LogP contribution in [0.25, 0.3) is 5.69 Å². The molecule has 2 heterocycles. The molecule has 0 saturated carbocycles. The number of hydrogen-bond acceptors (Lipinski definition) is 3. The van der Waals surface area contributed by atoms with Crippen molar-refractivity contribution >= 4 is 17.3 Å².